The lowest BCUT2D eigenvalue weighted by Crippen LogP contribution is -2.45. The van der Waals surface area contributed by atoms with Gasteiger partial charge in [-0.3, -0.25) is 10.00 Å². The van der Waals surface area contributed by atoms with Crippen LogP contribution in [0.25, 0.3) is 38.9 Å². The second-order valence-electron chi connectivity index (χ2n) is 9.17. The monoisotopic (exact) mass is 464 g/mol. The Bertz CT molecular complexity index is 1510. The smallest absolute Gasteiger partial charge is 0.161 e. The van der Waals surface area contributed by atoms with Gasteiger partial charge in [-0.05, 0) is 48.8 Å². The largest absolute Gasteiger partial charge is 0.340 e. The highest BCUT2D eigenvalue weighted by Crippen LogP contribution is 2.27. The SMILES string of the molecule is C=C(CN1CCN(C)CC1)n1ccc2ccc(-c3nccc(Nc4ccc5[nH]ncc5c4)n3)cc21. The Hall–Kier alpha value is -4.01. The summed E-state index contributed by atoms with van der Waals surface area (Å²) in [5.74, 6) is 1.42. The Morgan fingerprint density at radius 2 is 1.91 bits per heavy atom. The molecule has 0 atom stereocenters. The molecule has 6 rings (SSSR count). The molecule has 1 aliphatic heterocycles. The van der Waals surface area contributed by atoms with Crippen molar-refractivity contribution in [3.63, 3.8) is 0 Å². The zero-order valence-corrected chi connectivity index (χ0v) is 19.8. The van der Waals surface area contributed by atoms with E-state index in [4.69, 9.17) is 4.98 Å². The van der Waals surface area contributed by atoms with Gasteiger partial charge >= 0.3 is 0 Å². The number of H-pyrrole nitrogens is 1. The quantitative estimate of drug-likeness (QED) is 0.387. The minimum atomic E-state index is 0.679. The number of anilines is 2. The van der Waals surface area contributed by atoms with Gasteiger partial charge in [0, 0.05) is 67.5 Å². The van der Waals surface area contributed by atoms with Crippen LogP contribution in [0.4, 0.5) is 11.5 Å². The molecule has 4 heterocycles. The standard InChI is InChI=1S/C27H28N8/c1-19(18-34-13-11-33(2)12-14-34)35-10-8-20-3-4-21(16-25(20)35)27-28-9-7-26(31-27)30-23-5-6-24-22(15-23)17-29-32-24/h3-10,15-17H,1,11-14,18H2,2H3,(H,29,32)(H,28,30,31). The van der Waals surface area contributed by atoms with Crippen LogP contribution in [0.2, 0.25) is 0 Å². The number of nitrogens with one attached hydrogen (secondary N) is 2. The van der Waals surface area contributed by atoms with E-state index in [0.29, 0.717) is 5.82 Å². The molecule has 0 aliphatic carbocycles. The van der Waals surface area contributed by atoms with Crippen molar-refractivity contribution in [2.24, 2.45) is 0 Å². The molecular formula is C27H28N8. The summed E-state index contributed by atoms with van der Waals surface area (Å²) in [5.41, 5.74) is 5.12. The van der Waals surface area contributed by atoms with Gasteiger partial charge in [0.2, 0.25) is 0 Å². The van der Waals surface area contributed by atoms with E-state index < -0.39 is 0 Å². The lowest BCUT2D eigenvalue weighted by molar-refractivity contribution is 0.167. The van der Waals surface area contributed by atoms with E-state index >= 15 is 0 Å². The second-order valence-corrected chi connectivity index (χ2v) is 9.17. The number of aromatic amines is 1. The zero-order chi connectivity index (χ0) is 23.8. The second kappa shape index (κ2) is 8.98. The molecule has 1 fully saturated rings. The molecule has 2 N–H and O–H groups in total. The van der Waals surface area contributed by atoms with E-state index in [-0.39, 0.29) is 0 Å². The maximum absolute atomic E-state index is 4.78. The van der Waals surface area contributed by atoms with Gasteiger partial charge in [0.05, 0.1) is 17.2 Å². The summed E-state index contributed by atoms with van der Waals surface area (Å²) < 4.78 is 2.19. The first-order chi connectivity index (χ1) is 17.1. The number of nitrogens with zero attached hydrogens (tertiary/aromatic N) is 6. The van der Waals surface area contributed by atoms with E-state index in [9.17, 15) is 0 Å². The summed E-state index contributed by atoms with van der Waals surface area (Å²) in [6.07, 6.45) is 5.71. The summed E-state index contributed by atoms with van der Waals surface area (Å²) in [5, 5.41) is 12.7. The molecular weight excluding hydrogens is 436 g/mol. The first-order valence-electron chi connectivity index (χ1n) is 11.9. The molecule has 0 amide bonds. The van der Waals surface area contributed by atoms with Crippen LogP contribution < -0.4 is 5.32 Å². The number of hydrogen-bond donors (Lipinski definition) is 2. The third kappa shape index (κ3) is 4.41. The fourth-order valence-corrected chi connectivity index (χ4v) is 4.62. The molecule has 0 unspecified atom stereocenters. The summed E-state index contributed by atoms with van der Waals surface area (Å²) in [4.78, 5) is 14.2. The van der Waals surface area contributed by atoms with E-state index in [0.717, 1.165) is 71.9 Å². The van der Waals surface area contributed by atoms with E-state index in [1.807, 2.05) is 30.5 Å². The molecule has 0 radical (unpaired) electrons. The van der Waals surface area contributed by atoms with Crippen molar-refractivity contribution in [2.75, 3.05) is 45.1 Å². The summed E-state index contributed by atoms with van der Waals surface area (Å²) in [6.45, 7) is 9.60. The Balaban J connectivity index is 1.25. The van der Waals surface area contributed by atoms with Crippen molar-refractivity contribution in [3.05, 3.63) is 73.7 Å². The maximum Gasteiger partial charge on any atom is 0.161 e. The Morgan fingerprint density at radius 1 is 1.03 bits per heavy atom. The van der Waals surface area contributed by atoms with Crippen LogP contribution in [0, 0.1) is 0 Å². The van der Waals surface area contributed by atoms with Gasteiger partial charge in [0.15, 0.2) is 5.82 Å². The Kier molecular flexibility index (Phi) is 5.52. The molecule has 8 nitrogen and oxygen atoms in total. The van der Waals surface area contributed by atoms with Crippen molar-refractivity contribution in [1.29, 1.82) is 0 Å². The van der Waals surface area contributed by atoms with Gasteiger partial charge < -0.3 is 14.8 Å². The van der Waals surface area contributed by atoms with Gasteiger partial charge in [0.1, 0.15) is 5.82 Å². The highest BCUT2D eigenvalue weighted by molar-refractivity contribution is 5.87. The summed E-state index contributed by atoms with van der Waals surface area (Å²) >= 11 is 0. The predicted molar refractivity (Wildman–Crippen MR) is 142 cm³/mol. The normalized spacial score (nSPS) is 15.1. The molecule has 0 saturated carbocycles. The van der Waals surface area contributed by atoms with Crippen molar-refractivity contribution in [3.8, 4) is 11.4 Å². The number of benzene rings is 2. The highest BCUT2D eigenvalue weighted by atomic mass is 15.3. The highest BCUT2D eigenvalue weighted by Gasteiger charge is 2.16. The number of likely N-dealkylation sites (N-methyl/N-ethyl adjacent to an activating group) is 1. The lowest BCUT2D eigenvalue weighted by Gasteiger charge is -2.32. The van der Waals surface area contributed by atoms with Crippen molar-refractivity contribution < 1.29 is 0 Å². The van der Waals surface area contributed by atoms with E-state index in [1.165, 1.54) is 5.39 Å². The zero-order valence-electron chi connectivity index (χ0n) is 19.8. The minimum absolute atomic E-state index is 0.679. The molecule has 1 saturated heterocycles. The van der Waals surface area contributed by atoms with Crippen molar-refractivity contribution >= 4 is 39.0 Å². The molecule has 5 aromatic rings. The number of aromatic nitrogens is 5. The molecule has 2 aromatic carbocycles. The number of hydrogen-bond acceptors (Lipinski definition) is 6. The van der Waals surface area contributed by atoms with Gasteiger partial charge in [-0.15, -0.1) is 0 Å². The predicted octanol–water partition coefficient (Wildman–Crippen LogP) is 4.44. The molecule has 176 valence electrons. The van der Waals surface area contributed by atoms with Crippen LogP contribution in [-0.2, 0) is 0 Å². The fraction of sp³-hybridized carbons (Fsp3) is 0.222. The number of piperazine rings is 1. The fourth-order valence-electron chi connectivity index (χ4n) is 4.62. The molecule has 1 aliphatic rings. The third-order valence-corrected chi connectivity index (χ3v) is 6.66. The van der Waals surface area contributed by atoms with Crippen LogP contribution in [0.5, 0.6) is 0 Å². The number of fused-ring (bicyclic) bond motifs is 2. The molecule has 3 aromatic heterocycles. The van der Waals surface area contributed by atoms with Gasteiger partial charge in [-0.25, -0.2) is 9.97 Å². The van der Waals surface area contributed by atoms with Crippen LogP contribution in [0.3, 0.4) is 0 Å². The molecule has 8 heteroatoms. The average molecular weight is 465 g/mol. The maximum atomic E-state index is 4.78. The number of rotatable bonds is 6. The lowest BCUT2D eigenvalue weighted by atomic mass is 10.1. The summed E-state index contributed by atoms with van der Waals surface area (Å²) in [6, 6.07) is 16.4. The van der Waals surface area contributed by atoms with Gasteiger partial charge in [-0.1, -0.05) is 18.7 Å². The first kappa shape index (κ1) is 21.5. The minimum Gasteiger partial charge on any atom is -0.340 e. The average Bonchev–Trinajstić information content (AvgIpc) is 3.52. The first-order valence-corrected chi connectivity index (χ1v) is 11.9. The third-order valence-electron chi connectivity index (χ3n) is 6.66. The van der Waals surface area contributed by atoms with Gasteiger partial charge in [-0.2, -0.15) is 5.10 Å². The van der Waals surface area contributed by atoms with Gasteiger partial charge in [0.25, 0.3) is 0 Å². The molecule has 35 heavy (non-hydrogen) atoms. The Labute approximate surface area is 203 Å². The van der Waals surface area contributed by atoms with Crippen LogP contribution in [-0.4, -0.2) is 74.3 Å². The van der Waals surface area contributed by atoms with Crippen LogP contribution in [0.1, 0.15) is 0 Å². The van der Waals surface area contributed by atoms with Crippen LogP contribution in [0.15, 0.2) is 73.7 Å². The topological polar surface area (TPSA) is 77.9 Å². The molecule has 0 spiro atoms. The van der Waals surface area contributed by atoms with E-state index in [2.05, 4.69) is 79.0 Å². The Morgan fingerprint density at radius 3 is 2.80 bits per heavy atom. The summed E-state index contributed by atoms with van der Waals surface area (Å²) in [7, 11) is 2.18. The van der Waals surface area contributed by atoms with Crippen molar-refractivity contribution in [1.82, 2.24) is 34.5 Å². The van der Waals surface area contributed by atoms with E-state index in [1.54, 1.807) is 6.20 Å². The van der Waals surface area contributed by atoms with Crippen molar-refractivity contribution in [2.45, 2.75) is 0 Å². The molecule has 0 bridgehead atoms. The van der Waals surface area contributed by atoms with Crippen LogP contribution >= 0.6 is 0 Å².